The van der Waals surface area contributed by atoms with E-state index in [-0.39, 0.29) is 12.1 Å². The Kier molecular flexibility index (Phi) is 7.74. The second-order valence-corrected chi connectivity index (χ2v) is 6.62. The molecule has 7 heteroatoms. The number of ether oxygens (including phenoxy) is 1. The highest BCUT2D eigenvalue weighted by atomic mass is 28.3. The van der Waals surface area contributed by atoms with Crippen molar-refractivity contribution >= 4 is 27.2 Å². The smallest absolute Gasteiger partial charge is 0.451 e. The van der Waals surface area contributed by atoms with Crippen LogP contribution >= 0.6 is 0 Å². The zero-order chi connectivity index (χ0) is 15.0. The van der Waals surface area contributed by atoms with Crippen LogP contribution in [0.25, 0.3) is 0 Å². The van der Waals surface area contributed by atoms with Crippen molar-refractivity contribution < 1.29 is 28.0 Å². The summed E-state index contributed by atoms with van der Waals surface area (Å²) in [5.74, 6) is -1.43. The summed E-state index contributed by atoms with van der Waals surface area (Å²) in [6, 6.07) is 0. The Balaban J connectivity index is 4.27. The van der Waals surface area contributed by atoms with Gasteiger partial charge in [-0.3, -0.25) is 9.59 Å². The first-order chi connectivity index (χ1) is 8.73. The Hall–Kier alpha value is -1.63. The summed E-state index contributed by atoms with van der Waals surface area (Å²) >= 11 is 0. The Labute approximate surface area is 114 Å². The number of esters is 1. The predicted molar refractivity (Wildman–Crippen MR) is 70.5 cm³/mol. The summed E-state index contributed by atoms with van der Waals surface area (Å²) in [6.07, 6.45) is 0.455. The van der Waals surface area contributed by atoms with Crippen molar-refractivity contribution in [3.05, 3.63) is 12.2 Å². The summed E-state index contributed by atoms with van der Waals surface area (Å²) in [5, 5.41) is 0. The van der Waals surface area contributed by atoms with Crippen LogP contribution in [0, 0.1) is 0 Å². The van der Waals surface area contributed by atoms with Gasteiger partial charge in [0.2, 0.25) is 0 Å². The third-order valence-corrected chi connectivity index (χ3v) is 4.57. The van der Waals surface area contributed by atoms with Gasteiger partial charge in [0.1, 0.15) is 0 Å². The van der Waals surface area contributed by atoms with E-state index in [0.29, 0.717) is 12.0 Å². The fraction of sp³-hybridized carbons (Fsp3) is 0.583. The largest absolute Gasteiger partial charge is 0.487 e. The number of carbonyl (C=O) groups is 3. The van der Waals surface area contributed by atoms with Crippen molar-refractivity contribution in [1.29, 1.82) is 0 Å². The van der Waals surface area contributed by atoms with E-state index in [4.69, 9.17) is 13.6 Å². The first-order valence-electron chi connectivity index (χ1n) is 5.91. The van der Waals surface area contributed by atoms with Crippen LogP contribution in [0.4, 0.5) is 0 Å². The van der Waals surface area contributed by atoms with E-state index in [0.717, 1.165) is 0 Å². The number of hydrogen-bond acceptors (Lipinski definition) is 6. The molecule has 0 saturated carbocycles. The summed E-state index contributed by atoms with van der Waals surface area (Å²) in [4.78, 5) is 33.0. The summed E-state index contributed by atoms with van der Waals surface area (Å²) in [7, 11) is -2.44. The van der Waals surface area contributed by atoms with E-state index in [2.05, 4.69) is 6.58 Å². The molecule has 0 spiro atoms. The van der Waals surface area contributed by atoms with Gasteiger partial charge in [-0.25, -0.2) is 4.79 Å². The Morgan fingerprint density at radius 3 is 1.95 bits per heavy atom. The van der Waals surface area contributed by atoms with E-state index in [9.17, 15) is 14.4 Å². The van der Waals surface area contributed by atoms with Crippen LogP contribution in [0.1, 0.15) is 34.1 Å². The standard InChI is InChI=1S/C12H20O6Si/c1-8(2)12(15)16-7-6-9(3)19(17-10(4)13)18-11(5)14/h9,19H,1,6-7H2,2-5H3. The molecule has 0 aliphatic heterocycles. The molecule has 0 aromatic rings. The summed E-state index contributed by atoms with van der Waals surface area (Å²) < 4.78 is 15.0. The van der Waals surface area contributed by atoms with Crippen molar-refractivity contribution in [3.8, 4) is 0 Å². The number of rotatable bonds is 7. The van der Waals surface area contributed by atoms with Crippen molar-refractivity contribution in [3.63, 3.8) is 0 Å². The molecule has 0 radical (unpaired) electrons. The van der Waals surface area contributed by atoms with E-state index in [1.807, 2.05) is 0 Å². The number of carbonyl (C=O) groups excluding carboxylic acids is 3. The third-order valence-electron chi connectivity index (χ3n) is 2.18. The average Bonchev–Trinajstić information content (AvgIpc) is 2.26. The van der Waals surface area contributed by atoms with Gasteiger partial charge in [-0.2, -0.15) is 0 Å². The van der Waals surface area contributed by atoms with E-state index in [1.165, 1.54) is 13.8 Å². The zero-order valence-corrected chi connectivity index (χ0v) is 12.9. The molecule has 6 nitrogen and oxygen atoms in total. The zero-order valence-electron chi connectivity index (χ0n) is 11.7. The normalized spacial score (nSPS) is 11.6. The third kappa shape index (κ3) is 8.14. The van der Waals surface area contributed by atoms with Gasteiger partial charge in [0.25, 0.3) is 11.9 Å². The lowest BCUT2D eigenvalue weighted by Crippen LogP contribution is -2.32. The van der Waals surface area contributed by atoms with Crippen molar-refractivity contribution in [1.82, 2.24) is 0 Å². The molecule has 19 heavy (non-hydrogen) atoms. The molecule has 0 amide bonds. The highest BCUT2D eigenvalue weighted by Crippen LogP contribution is 2.17. The quantitative estimate of drug-likeness (QED) is 0.398. The average molecular weight is 288 g/mol. The minimum atomic E-state index is -2.44. The van der Waals surface area contributed by atoms with Crippen LogP contribution in [0.2, 0.25) is 5.54 Å². The Morgan fingerprint density at radius 1 is 1.11 bits per heavy atom. The van der Waals surface area contributed by atoms with Crippen LogP contribution < -0.4 is 0 Å². The molecule has 0 saturated heterocycles. The lowest BCUT2D eigenvalue weighted by molar-refractivity contribution is -0.140. The van der Waals surface area contributed by atoms with Gasteiger partial charge in [-0.1, -0.05) is 13.5 Å². The fourth-order valence-electron chi connectivity index (χ4n) is 1.18. The van der Waals surface area contributed by atoms with Crippen LogP contribution in [-0.4, -0.2) is 33.8 Å². The van der Waals surface area contributed by atoms with Gasteiger partial charge in [-0.05, 0) is 13.3 Å². The van der Waals surface area contributed by atoms with Crippen molar-refractivity contribution in [2.24, 2.45) is 0 Å². The van der Waals surface area contributed by atoms with Crippen molar-refractivity contribution in [2.45, 2.75) is 39.7 Å². The molecule has 0 rings (SSSR count). The van der Waals surface area contributed by atoms with E-state index in [1.54, 1.807) is 13.8 Å². The molecule has 0 bridgehead atoms. The van der Waals surface area contributed by atoms with Crippen LogP contribution in [0.15, 0.2) is 12.2 Å². The molecule has 0 aromatic carbocycles. The van der Waals surface area contributed by atoms with Crippen LogP contribution in [0.5, 0.6) is 0 Å². The molecule has 0 aliphatic carbocycles. The van der Waals surface area contributed by atoms with Gasteiger partial charge in [-0.15, -0.1) is 0 Å². The molecule has 0 heterocycles. The van der Waals surface area contributed by atoms with Crippen molar-refractivity contribution in [2.75, 3.05) is 6.61 Å². The molecule has 0 aromatic heterocycles. The molecule has 0 aliphatic rings. The van der Waals surface area contributed by atoms with E-state index < -0.39 is 27.2 Å². The molecule has 1 atom stereocenters. The highest BCUT2D eigenvalue weighted by Gasteiger charge is 2.28. The maximum Gasteiger partial charge on any atom is 0.451 e. The molecular formula is C12H20O6Si. The molecular weight excluding hydrogens is 268 g/mol. The Morgan fingerprint density at radius 2 is 1.58 bits per heavy atom. The maximum absolute atomic E-state index is 11.2. The lowest BCUT2D eigenvalue weighted by Gasteiger charge is -2.20. The van der Waals surface area contributed by atoms with Crippen LogP contribution in [0.3, 0.4) is 0 Å². The summed E-state index contributed by atoms with van der Waals surface area (Å²) in [6.45, 7) is 9.50. The van der Waals surface area contributed by atoms with Gasteiger partial charge in [0, 0.05) is 25.0 Å². The maximum atomic E-state index is 11.2. The number of hydrogen-bond donors (Lipinski definition) is 0. The molecule has 108 valence electrons. The first kappa shape index (κ1) is 17.4. The predicted octanol–water partition coefficient (Wildman–Crippen LogP) is 1.23. The van der Waals surface area contributed by atoms with E-state index >= 15 is 0 Å². The van der Waals surface area contributed by atoms with Gasteiger partial charge < -0.3 is 13.6 Å². The monoisotopic (exact) mass is 288 g/mol. The van der Waals surface area contributed by atoms with Gasteiger partial charge in [0.15, 0.2) is 0 Å². The highest BCUT2D eigenvalue weighted by molar-refractivity contribution is 6.50. The second kappa shape index (κ2) is 8.47. The first-order valence-corrected chi connectivity index (χ1v) is 7.52. The SMILES string of the molecule is C=C(C)C(=O)OCCC(C)[SiH](OC(C)=O)OC(C)=O. The fourth-order valence-corrected chi connectivity index (χ4v) is 2.76. The minimum Gasteiger partial charge on any atom is -0.487 e. The minimum absolute atomic E-state index is 0.147. The van der Waals surface area contributed by atoms with Crippen LogP contribution in [-0.2, 0) is 28.0 Å². The lowest BCUT2D eigenvalue weighted by atomic mass is 10.3. The van der Waals surface area contributed by atoms with Gasteiger partial charge in [0.05, 0.1) is 6.61 Å². The molecule has 0 fully saturated rings. The second-order valence-electron chi connectivity index (χ2n) is 4.27. The topological polar surface area (TPSA) is 78.9 Å². The molecule has 0 N–H and O–H groups in total. The van der Waals surface area contributed by atoms with Gasteiger partial charge >= 0.3 is 15.3 Å². The summed E-state index contributed by atoms with van der Waals surface area (Å²) in [5.41, 5.74) is 0.173. The Bertz CT molecular complexity index is 349. The molecule has 1 unspecified atom stereocenters.